The van der Waals surface area contributed by atoms with Gasteiger partial charge in [0, 0.05) is 18.5 Å². The number of halogens is 1. The van der Waals surface area contributed by atoms with Crippen molar-refractivity contribution in [2.75, 3.05) is 13.1 Å². The van der Waals surface area contributed by atoms with Gasteiger partial charge in [-0.2, -0.15) is 0 Å². The van der Waals surface area contributed by atoms with E-state index in [9.17, 15) is 4.79 Å². The molecule has 0 radical (unpaired) electrons. The quantitative estimate of drug-likeness (QED) is 0.521. The molecule has 2 nitrogen and oxygen atoms in total. The number of hydrogen-bond donors (Lipinski definition) is 1. The lowest BCUT2D eigenvalue weighted by atomic mass is 9.86. The summed E-state index contributed by atoms with van der Waals surface area (Å²) in [6.07, 6.45) is 1.02. The van der Waals surface area contributed by atoms with Crippen LogP contribution in [-0.2, 0) is 4.79 Å². The Hall–Kier alpha value is -0.0800. The van der Waals surface area contributed by atoms with Gasteiger partial charge in [-0.1, -0.05) is 6.92 Å². The Balaban J connectivity index is 0.000000490. The minimum atomic E-state index is -0.0278. The normalized spacial score (nSPS) is 22.6. The standard InChI is InChI=1S/C5H9NO.ClH/c1-5(4-7)2-6-3-5;/h4,6H,2-3H2,1H3;1H. The van der Waals surface area contributed by atoms with Crippen molar-refractivity contribution in [2.24, 2.45) is 5.41 Å². The zero-order valence-electron chi connectivity index (χ0n) is 4.81. The summed E-state index contributed by atoms with van der Waals surface area (Å²) >= 11 is 0. The van der Waals surface area contributed by atoms with Crippen LogP contribution in [0.3, 0.4) is 0 Å². The highest BCUT2D eigenvalue weighted by molar-refractivity contribution is 5.85. The monoisotopic (exact) mass is 135 g/mol. The van der Waals surface area contributed by atoms with Gasteiger partial charge in [-0.15, -0.1) is 12.4 Å². The molecule has 3 heteroatoms. The van der Waals surface area contributed by atoms with Gasteiger partial charge < -0.3 is 10.1 Å². The second kappa shape index (κ2) is 2.46. The van der Waals surface area contributed by atoms with Gasteiger partial charge in [0.15, 0.2) is 0 Å². The van der Waals surface area contributed by atoms with Gasteiger partial charge in [-0.05, 0) is 0 Å². The molecule has 0 saturated carbocycles. The van der Waals surface area contributed by atoms with Crippen molar-refractivity contribution in [1.82, 2.24) is 5.32 Å². The van der Waals surface area contributed by atoms with E-state index in [2.05, 4.69) is 5.32 Å². The third-order valence-electron chi connectivity index (χ3n) is 1.34. The van der Waals surface area contributed by atoms with Crippen LogP contribution in [0.1, 0.15) is 6.92 Å². The average molecular weight is 136 g/mol. The predicted octanol–water partition coefficient (Wildman–Crippen LogP) is 0.217. The first-order valence-electron chi connectivity index (χ1n) is 2.44. The van der Waals surface area contributed by atoms with E-state index >= 15 is 0 Å². The van der Waals surface area contributed by atoms with Crippen molar-refractivity contribution >= 4 is 18.7 Å². The number of carbonyl (C=O) groups is 1. The zero-order valence-corrected chi connectivity index (χ0v) is 5.62. The van der Waals surface area contributed by atoms with Gasteiger partial charge in [0.2, 0.25) is 0 Å². The molecule has 1 heterocycles. The number of carbonyl (C=O) groups excluding carboxylic acids is 1. The number of rotatable bonds is 1. The predicted molar refractivity (Wildman–Crippen MR) is 34.3 cm³/mol. The lowest BCUT2D eigenvalue weighted by Crippen LogP contribution is -2.52. The van der Waals surface area contributed by atoms with Gasteiger partial charge in [-0.3, -0.25) is 0 Å². The van der Waals surface area contributed by atoms with Crippen LogP contribution >= 0.6 is 12.4 Å². The molecule has 0 amide bonds. The second-order valence-electron chi connectivity index (χ2n) is 2.38. The molecule has 1 aliphatic heterocycles. The largest absolute Gasteiger partial charge is 0.315 e. The molecule has 48 valence electrons. The van der Waals surface area contributed by atoms with E-state index in [0.717, 1.165) is 19.4 Å². The summed E-state index contributed by atoms with van der Waals surface area (Å²) < 4.78 is 0. The number of aldehydes is 1. The number of hydrogen-bond acceptors (Lipinski definition) is 2. The van der Waals surface area contributed by atoms with E-state index in [1.807, 2.05) is 6.92 Å². The molecule has 0 spiro atoms. The van der Waals surface area contributed by atoms with E-state index in [1.165, 1.54) is 0 Å². The van der Waals surface area contributed by atoms with Gasteiger partial charge in [-0.25, -0.2) is 0 Å². The molecular weight excluding hydrogens is 126 g/mol. The van der Waals surface area contributed by atoms with E-state index in [0.29, 0.717) is 0 Å². The molecule has 1 fully saturated rings. The molecule has 0 bridgehead atoms. The average Bonchev–Trinajstić information content (AvgIpc) is 1.61. The first-order chi connectivity index (χ1) is 3.27. The van der Waals surface area contributed by atoms with Gasteiger partial charge in [0.05, 0.1) is 0 Å². The second-order valence-corrected chi connectivity index (χ2v) is 2.38. The topological polar surface area (TPSA) is 29.1 Å². The Labute approximate surface area is 55.1 Å². The Morgan fingerprint density at radius 1 is 1.62 bits per heavy atom. The number of nitrogens with one attached hydrogen (secondary N) is 1. The van der Waals surface area contributed by atoms with Crippen LogP contribution in [0.5, 0.6) is 0 Å². The minimum absolute atomic E-state index is 0. The van der Waals surface area contributed by atoms with Crippen LogP contribution in [0.15, 0.2) is 0 Å². The fraction of sp³-hybridized carbons (Fsp3) is 0.800. The molecule has 0 aromatic rings. The Morgan fingerprint density at radius 3 is 2.12 bits per heavy atom. The summed E-state index contributed by atoms with van der Waals surface area (Å²) in [6, 6.07) is 0. The van der Waals surface area contributed by atoms with Crippen LogP contribution < -0.4 is 5.32 Å². The third kappa shape index (κ3) is 1.20. The van der Waals surface area contributed by atoms with Crippen LogP contribution in [0.2, 0.25) is 0 Å². The minimum Gasteiger partial charge on any atom is -0.315 e. The molecule has 0 aliphatic carbocycles. The van der Waals surface area contributed by atoms with Crippen molar-refractivity contribution in [3.8, 4) is 0 Å². The van der Waals surface area contributed by atoms with Crippen molar-refractivity contribution in [3.63, 3.8) is 0 Å². The molecule has 0 unspecified atom stereocenters. The summed E-state index contributed by atoms with van der Waals surface area (Å²) in [5.41, 5.74) is -0.0278. The van der Waals surface area contributed by atoms with E-state index in [-0.39, 0.29) is 17.8 Å². The maximum atomic E-state index is 10.1. The van der Waals surface area contributed by atoms with E-state index in [1.54, 1.807) is 0 Å². The van der Waals surface area contributed by atoms with Crippen LogP contribution in [0.4, 0.5) is 0 Å². The molecular formula is C5H10ClNO. The SMILES string of the molecule is CC1(C=O)CNC1.Cl. The van der Waals surface area contributed by atoms with Crippen LogP contribution in [0.25, 0.3) is 0 Å². The maximum Gasteiger partial charge on any atom is 0.128 e. The zero-order chi connectivity index (χ0) is 5.33. The summed E-state index contributed by atoms with van der Waals surface area (Å²) in [7, 11) is 0. The highest BCUT2D eigenvalue weighted by Gasteiger charge is 2.30. The molecule has 0 aromatic carbocycles. The Bertz CT molecular complexity index is 90.4. The summed E-state index contributed by atoms with van der Waals surface area (Å²) in [5.74, 6) is 0. The molecule has 0 aromatic heterocycles. The molecule has 1 rings (SSSR count). The molecule has 1 aliphatic rings. The van der Waals surface area contributed by atoms with Gasteiger partial charge in [0.1, 0.15) is 6.29 Å². The summed E-state index contributed by atoms with van der Waals surface area (Å²) in [4.78, 5) is 10.1. The van der Waals surface area contributed by atoms with E-state index < -0.39 is 0 Å². The van der Waals surface area contributed by atoms with Crippen molar-refractivity contribution < 1.29 is 4.79 Å². The highest BCUT2D eigenvalue weighted by Crippen LogP contribution is 2.16. The summed E-state index contributed by atoms with van der Waals surface area (Å²) in [6.45, 7) is 3.67. The van der Waals surface area contributed by atoms with Gasteiger partial charge in [0.25, 0.3) is 0 Å². The maximum absolute atomic E-state index is 10.1. The molecule has 1 saturated heterocycles. The van der Waals surface area contributed by atoms with Crippen molar-refractivity contribution in [2.45, 2.75) is 6.92 Å². The van der Waals surface area contributed by atoms with Gasteiger partial charge >= 0.3 is 0 Å². The molecule has 1 N–H and O–H groups in total. The van der Waals surface area contributed by atoms with Crippen LogP contribution in [-0.4, -0.2) is 19.4 Å². The molecule has 8 heavy (non-hydrogen) atoms. The lowest BCUT2D eigenvalue weighted by Gasteiger charge is -2.33. The van der Waals surface area contributed by atoms with E-state index in [4.69, 9.17) is 0 Å². The van der Waals surface area contributed by atoms with Crippen molar-refractivity contribution in [3.05, 3.63) is 0 Å². The fourth-order valence-corrected chi connectivity index (χ4v) is 0.603. The lowest BCUT2D eigenvalue weighted by molar-refractivity contribution is -0.117. The van der Waals surface area contributed by atoms with Crippen molar-refractivity contribution in [1.29, 1.82) is 0 Å². The summed E-state index contributed by atoms with van der Waals surface area (Å²) in [5, 5.41) is 3.02. The molecule has 0 atom stereocenters. The van der Waals surface area contributed by atoms with Crippen LogP contribution in [0, 0.1) is 5.41 Å². The Morgan fingerprint density at radius 2 is 2.12 bits per heavy atom. The third-order valence-corrected chi connectivity index (χ3v) is 1.34. The first-order valence-corrected chi connectivity index (χ1v) is 2.44. The Kier molecular flexibility index (Phi) is 2.44. The smallest absolute Gasteiger partial charge is 0.128 e. The first kappa shape index (κ1) is 7.92. The highest BCUT2D eigenvalue weighted by atomic mass is 35.5. The fourth-order valence-electron chi connectivity index (χ4n) is 0.603.